The van der Waals surface area contributed by atoms with Gasteiger partial charge in [0.15, 0.2) is 0 Å². The van der Waals surface area contributed by atoms with Crippen molar-refractivity contribution in [3.63, 3.8) is 0 Å². The van der Waals surface area contributed by atoms with Gasteiger partial charge in [-0.1, -0.05) is 30.7 Å². The minimum atomic E-state index is -0.713. The number of nitriles is 1. The first-order valence-corrected chi connectivity index (χ1v) is 11.4. The fraction of sp³-hybridized carbons (Fsp3) is 0.462. The predicted molar refractivity (Wildman–Crippen MR) is 122 cm³/mol. The van der Waals surface area contributed by atoms with Gasteiger partial charge in [-0.05, 0) is 70.3 Å². The van der Waals surface area contributed by atoms with Crippen molar-refractivity contribution in [3.8, 4) is 11.8 Å². The number of hydrogen-bond donors (Lipinski definition) is 0. The third-order valence-electron chi connectivity index (χ3n) is 6.64. The van der Waals surface area contributed by atoms with Gasteiger partial charge < -0.3 is 9.64 Å². The Kier molecular flexibility index (Phi) is 6.58. The molecule has 31 heavy (non-hydrogen) atoms. The fourth-order valence-electron chi connectivity index (χ4n) is 4.86. The standard InChI is InChI=1S/C26H31N3O2/c1-19-13-14-20(2)28(19)15-6-3-7-16-29-23-11-4-5-12-24(23)31-25(26(29)30)22-10-8-9-21(17-22)18-27/h4-5,8-12,17,19-20,25H,3,6-7,13-16H2,1-2H3/t19-,20+,25?. The van der Waals surface area contributed by atoms with E-state index in [1.54, 1.807) is 18.2 Å². The van der Waals surface area contributed by atoms with E-state index in [0.717, 1.165) is 37.1 Å². The number of para-hydroxylation sites is 2. The molecule has 5 heteroatoms. The number of carbonyl (C=O) groups is 1. The van der Waals surface area contributed by atoms with Crippen molar-refractivity contribution in [3.05, 3.63) is 59.7 Å². The Bertz CT molecular complexity index is 957. The van der Waals surface area contributed by atoms with E-state index >= 15 is 0 Å². The van der Waals surface area contributed by atoms with Crippen LogP contribution in [-0.2, 0) is 4.79 Å². The lowest BCUT2D eigenvalue weighted by atomic mass is 10.0. The highest BCUT2D eigenvalue weighted by Crippen LogP contribution is 2.39. The summed E-state index contributed by atoms with van der Waals surface area (Å²) in [6.07, 6.45) is 5.10. The molecular formula is C26H31N3O2. The number of fused-ring (bicyclic) bond motifs is 1. The Morgan fingerprint density at radius 1 is 1.00 bits per heavy atom. The van der Waals surface area contributed by atoms with Crippen LogP contribution in [0.3, 0.4) is 0 Å². The number of ether oxygens (including phenoxy) is 1. The van der Waals surface area contributed by atoms with Crippen LogP contribution >= 0.6 is 0 Å². The Labute approximate surface area is 185 Å². The number of likely N-dealkylation sites (tertiary alicyclic amines) is 1. The third kappa shape index (κ3) is 4.60. The molecule has 0 aliphatic carbocycles. The van der Waals surface area contributed by atoms with Crippen LogP contribution < -0.4 is 9.64 Å². The molecular weight excluding hydrogens is 386 g/mol. The van der Waals surface area contributed by atoms with Gasteiger partial charge in [-0.2, -0.15) is 5.26 Å². The van der Waals surface area contributed by atoms with Gasteiger partial charge in [-0.15, -0.1) is 0 Å². The quantitative estimate of drug-likeness (QED) is 0.590. The van der Waals surface area contributed by atoms with E-state index in [1.165, 1.54) is 12.8 Å². The molecule has 162 valence electrons. The molecule has 0 bridgehead atoms. The number of nitrogens with zero attached hydrogens (tertiary/aromatic N) is 3. The molecule has 0 N–H and O–H groups in total. The zero-order valence-electron chi connectivity index (χ0n) is 18.5. The molecule has 3 atom stereocenters. The first-order valence-electron chi connectivity index (χ1n) is 11.4. The number of unbranched alkanes of at least 4 members (excludes halogenated alkanes) is 2. The second-order valence-electron chi connectivity index (χ2n) is 8.77. The summed E-state index contributed by atoms with van der Waals surface area (Å²) in [7, 11) is 0. The van der Waals surface area contributed by atoms with E-state index in [1.807, 2.05) is 35.2 Å². The summed E-state index contributed by atoms with van der Waals surface area (Å²) in [5.74, 6) is 0.657. The second-order valence-corrected chi connectivity index (χ2v) is 8.77. The second kappa shape index (κ2) is 9.53. The molecule has 1 saturated heterocycles. The van der Waals surface area contributed by atoms with Crippen molar-refractivity contribution in [2.24, 2.45) is 0 Å². The molecule has 1 fully saturated rings. The van der Waals surface area contributed by atoms with E-state index in [4.69, 9.17) is 4.74 Å². The Morgan fingerprint density at radius 3 is 2.52 bits per heavy atom. The van der Waals surface area contributed by atoms with Gasteiger partial charge in [0.2, 0.25) is 6.10 Å². The highest BCUT2D eigenvalue weighted by molar-refractivity contribution is 6.00. The first-order chi connectivity index (χ1) is 15.1. The molecule has 0 spiro atoms. The largest absolute Gasteiger partial charge is 0.474 e. The van der Waals surface area contributed by atoms with Gasteiger partial charge in [-0.25, -0.2) is 0 Å². The Hall–Kier alpha value is -2.84. The maximum atomic E-state index is 13.4. The molecule has 0 radical (unpaired) electrons. The molecule has 2 aliphatic heterocycles. The van der Waals surface area contributed by atoms with Crippen molar-refractivity contribution in [2.45, 2.75) is 64.1 Å². The van der Waals surface area contributed by atoms with Gasteiger partial charge >= 0.3 is 0 Å². The normalized spacial score (nSPS) is 23.3. The van der Waals surface area contributed by atoms with Crippen molar-refractivity contribution < 1.29 is 9.53 Å². The van der Waals surface area contributed by atoms with Crippen LogP contribution in [0.2, 0.25) is 0 Å². The van der Waals surface area contributed by atoms with E-state index in [2.05, 4.69) is 24.8 Å². The summed E-state index contributed by atoms with van der Waals surface area (Å²) in [5.41, 5.74) is 2.09. The fourth-order valence-corrected chi connectivity index (χ4v) is 4.86. The minimum Gasteiger partial charge on any atom is -0.474 e. The van der Waals surface area contributed by atoms with Crippen LogP contribution in [-0.4, -0.2) is 36.0 Å². The number of carbonyl (C=O) groups excluding carboxylic acids is 1. The van der Waals surface area contributed by atoms with E-state index in [9.17, 15) is 10.1 Å². The topological polar surface area (TPSA) is 56.6 Å². The van der Waals surface area contributed by atoms with Crippen LogP contribution in [0.15, 0.2) is 48.5 Å². The molecule has 2 aromatic carbocycles. The van der Waals surface area contributed by atoms with Crippen LogP contribution in [0.25, 0.3) is 0 Å². The predicted octanol–water partition coefficient (Wildman–Crippen LogP) is 5.07. The molecule has 2 aliphatic rings. The zero-order valence-corrected chi connectivity index (χ0v) is 18.5. The van der Waals surface area contributed by atoms with E-state index in [-0.39, 0.29) is 5.91 Å². The number of rotatable bonds is 7. The van der Waals surface area contributed by atoms with Gasteiger partial charge in [0.1, 0.15) is 5.75 Å². The lowest BCUT2D eigenvalue weighted by Crippen LogP contribution is -2.41. The number of benzene rings is 2. The average Bonchev–Trinajstić information content (AvgIpc) is 3.12. The Morgan fingerprint density at radius 2 is 1.74 bits per heavy atom. The maximum absolute atomic E-state index is 13.4. The molecule has 1 unspecified atom stereocenters. The molecule has 5 nitrogen and oxygen atoms in total. The van der Waals surface area contributed by atoms with E-state index < -0.39 is 6.10 Å². The van der Waals surface area contributed by atoms with Crippen molar-refractivity contribution in [2.75, 3.05) is 18.0 Å². The number of anilines is 1. The smallest absolute Gasteiger partial charge is 0.272 e. The summed E-state index contributed by atoms with van der Waals surface area (Å²) in [4.78, 5) is 17.8. The van der Waals surface area contributed by atoms with Crippen LogP contribution in [0.1, 0.15) is 63.2 Å². The molecule has 0 aromatic heterocycles. The number of hydrogen-bond acceptors (Lipinski definition) is 4. The third-order valence-corrected chi connectivity index (χ3v) is 6.64. The van der Waals surface area contributed by atoms with Crippen molar-refractivity contribution in [1.82, 2.24) is 4.90 Å². The monoisotopic (exact) mass is 417 g/mol. The molecule has 2 heterocycles. The van der Waals surface area contributed by atoms with Gasteiger partial charge in [0, 0.05) is 24.2 Å². The lowest BCUT2D eigenvalue weighted by Gasteiger charge is -2.34. The summed E-state index contributed by atoms with van der Waals surface area (Å²) >= 11 is 0. The maximum Gasteiger partial charge on any atom is 0.272 e. The van der Waals surface area contributed by atoms with Crippen LogP contribution in [0, 0.1) is 11.3 Å². The number of amides is 1. The highest BCUT2D eigenvalue weighted by Gasteiger charge is 2.35. The lowest BCUT2D eigenvalue weighted by molar-refractivity contribution is -0.126. The molecule has 4 rings (SSSR count). The molecule has 0 saturated carbocycles. The van der Waals surface area contributed by atoms with Gasteiger partial charge in [0.25, 0.3) is 5.91 Å². The van der Waals surface area contributed by atoms with Crippen molar-refractivity contribution in [1.29, 1.82) is 5.26 Å². The molecule has 2 aromatic rings. The van der Waals surface area contributed by atoms with Gasteiger partial charge in [0.05, 0.1) is 17.3 Å². The van der Waals surface area contributed by atoms with Crippen molar-refractivity contribution >= 4 is 11.6 Å². The summed E-state index contributed by atoms with van der Waals surface area (Å²) in [6.45, 7) is 6.47. The summed E-state index contributed by atoms with van der Waals surface area (Å²) in [5, 5.41) is 9.22. The van der Waals surface area contributed by atoms with Crippen LogP contribution in [0.5, 0.6) is 5.75 Å². The zero-order chi connectivity index (χ0) is 21.8. The summed E-state index contributed by atoms with van der Waals surface area (Å²) in [6, 6.07) is 18.4. The van der Waals surface area contributed by atoms with Gasteiger partial charge in [-0.3, -0.25) is 9.69 Å². The highest BCUT2D eigenvalue weighted by atomic mass is 16.5. The van der Waals surface area contributed by atoms with E-state index in [0.29, 0.717) is 29.9 Å². The average molecular weight is 418 g/mol. The Balaban J connectivity index is 1.42. The SMILES string of the molecule is C[C@@H]1CC[C@H](C)N1CCCCCN1C(=O)C(c2cccc(C#N)c2)Oc2ccccc21. The summed E-state index contributed by atoms with van der Waals surface area (Å²) < 4.78 is 6.07. The first kappa shape index (κ1) is 21.4. The minimum absolute atomic E-state index is 0.0597. The van der Waals surface area contributed by atoms with Crippen LogP contribution in [0.4, 0.5) is 5.69 Å². The molecule has 1 amide bonds.